The summed E-state index contributed by atoms with van der Waals surface area (Å²) in [5, 5.41) is 10.3. The Kier molecular flexibility index (Phi) is 5.77. The molecule has 1 saturated carbocycles. The Morgan fingerprint density at radius 2 is 1.76 bits per heavy atom. The molecule has 5 rings (SSSR count). The minimum atomic E-state index is -1.07. The van der Waals surface area contributed by atoms with Gasteiger partial charge in [0.2, 0.25) is 5.91 Å². The van der Waals surface area contributed by atoms with E-state index >= 15 is 0 Å². The number of carboxylic acid groups (broad SMARTS) is 1. The Bertz CT molecular complexity index is 1240. The fourth-order valence-electron chi connectivity index (χ4n) is 4.72. The number of hydrogen-bond donors (Lipinski definition) is 1. The van der Waals surface area contributed by atoms with E-state index in [0.29, 0.717) is 27.9 Å². The summed E-state index contributed by atoms with van der Waals surface area (Å²) in [6, 6.07) is 20.2. The van der Waals surface area contributed by atoms with Crippen molar-refractivity contribution in [3.63, 3.8) is 0 Å². The van der Waals surface area contributed by atoms with Gasteiger partial charge < -0.3 is 14.7 Å². The number of nitrogens with zero attached hydrogens (tertiary/aromatic N) is 1. The molecule has 168 valence electrons. The third-order valence-electron chi connectivity index (χ3n) is 6.29. The quantitative estimate of drug-likeness (QED) is 0.490. The highest BCUT2D eigenvalue weighted by atomic mass is 35.5. The van der Waals surface area contributed by atoms with Crippen molar-refractivity contribution in [2.75, 3.05) is 6.61 Å². The number of halogens is 2. The number of aliphatic carboxylic acids is 1. The molecule has 0 aromatic heterocycles. The number of carbonyl (C=O) groups excluding carboxylic acids is 1. The van der Waals surface area contributed by atoms with E-state index in [1.165, 1.54) is 0 Å². The van der Waals surface area contributed by atoms with Gasteiger partial charge in [-0.25, -0.2) is 4.79 Å². The first-order valence-corrected chi connectivity index (χ1v) is 11.5. The second-order valence-electron chi connectivity index (χ2n) is 8.44. The minimum Gasteiger partial charge on any atom is -0.482 e. The van der Waals surface area contributed by atoms with Crippen LogP contribution >= 0.6 is 23.2 Å². The van der Waals surface area contributed by atoms with Crippen LogP contribution in [-0.4, -0.2) is 28.5 Å². The maximum absolute atomic E-state index is 13.7. The third-order valence-corrected chi connectivity index (χ3v) is 6.76. The van der Waals surface area contributed by atoms with E-state index in [9.17, 15) is 9.59 Å². The van der Waals surface area contributed by atoms with Gasteiger partial charge in [0.25, 0.3) is 0 Å². The summed E-state index contributed by atoms with van der Waals surface area (Å²) in [5.74, 6) is -0.586. The lowest BCUT2D eigenvalue weighted by molar-refractivity contribution is -0.139. The molecule has 0 bridgehead atoms. The normalized spacial score (nSPS) is 20.9. The Hall–Kier alpha value is -3.02. The van der Waals surface area contributed by atoms with Gasteiger partial charge in [-0.15, -0.1) is 0 Å². The molecule has 1 N–H and O–H groups in total. The molecule has 3 atom stereocenters. The maximum Gasteiger partial charge on any atom is 0.341 e. The van der Waals surface area contributed by atoms with Crippen LogP contribution in [-0.2, 0) is 16.1 Å². The molecule has 3 aromatic carbocycles. The van der Waals surface area contributed by atoms with Gasteiger partial charge in [0.1, 0.15) is 5.75 Å². The standard InChI is InChI=1S/C26H21Cl2NO4/c27-17-6-3-5-15(10-17)20-12-21(20)26(32)29-13-16-4-1-2-7-19(16)25(29)22-11-18(28)8-9-23(22)33-14-24(30)31/h1-11,20-21,25H,12-14H2,(H,30,31)/t20-,21+,25?/m0/s1. The summed E-state index contributed by atoms with van der Waals surface area (Å²) in [7, 11) is 0. The summed E-state index contributed by atoms with van der Waals surface area (Å²) in [6.07, 6.45) is 0.774. The van der Waals surface area contributed by atoms with Crippen molar-refractivity contribution < 1.29 is 19.4 Å². The van der Waals surface area contributed by atoms with E-state index in [1.807, 2.05) is 53.4 Å². The summed E-state index contributed by atoms with van der Waals surface area (Å²) < 4.78 is 5.58. The zero-order valence-electron chi connectivity index (χ0n) is 17.6. The zero-order valence-corrected chi connectivity index (χ0v) is 19.1. The second-order valence-corrected chi connectivity index (χ2v) is 9.31. The van der Waals surface area contributed by atoms with E-state index in [0.717, 1.165) is 23.1 Å². The molecule has 1 heterocycles. The number of carboxylic acids is 1. The molecule has 1 unspecified atom stereocenters. The largest absolute Gasteiger partial charge is 0.482 e. The Morgan fingerprint density at radius 3 is 2.55 bits per heavy atom. The molecule has 3 aromatic rings. The van der Waals surface area contributed by atoms with Crippen molar-refractivity contribution in [1.82, 2.24) is 4.90 Å². The van der Waals surface area contributed by atoms with Gasteiger partial charge in [0.15, 0.2) is 6.61 Å². The van der Waals surface area contributed by atoms with Crippen LogP contribution in [0.1, 0.15) is 40.6 Å². The molecule has 0 saturated heterocycles. The van der Waals surface area contributed by atoms with Crippen LogP contribution in [0.3, 0.4) is 0 Å². The first kappa shape index (κ1) is 21.8. The third kappa shape index (κ3) is 4.31. The lowest BCUT2D eigenvalue weighted by Gasteiger charge is -2.28. The molecule has 7 heteroatoms. The van der Waals surface area contributed by atoms with Gasteiger partial charge in [-0.1, -0.05) is 59.6 Å². The van der Waals surface area contributed by atoms with Gasteiger partial charge in [0.05, 0.1) is 6.04 Å². The van der Waals surface area contributed by atoms with E-state index < -0.39 is 18.6 Å². The molecule has 0 spiro atoms. The topological polar surface area (TPSA) is 66.8 Å². The monoisotopic (exact) mass is 481 g/mol. The van der Waals surface area contributed by atoms with Crippen LogP contribution in [0.5, 0.6) is 5.75 Å². The SMILES string of the molecule is O=C(O)COc1ccc(Cl)cc1C1c2ccccc2CN1C(=O)[C@@H]1C[C@H]1c1cccc(Cl)c1. The molecule has 2 aliphatic rings. The molecule has 0 radical (unpaired) electrons. The highest BCUT2D eigenvalue weighted by Gasteiger charge is 2.49. The van der Waals surface area contributed by atoms with Gasteiger partial charge >= 0.3 is 5.97 Å². The molecule has 1 fully saturated rings. The molecular formula is C26H21Cl2NO4. The predicted octanol–water partition coefficient (Wildman–Crippen LogP) is 5.69. The van der Waals surface area contributed by atoms with Crippen LogP contribution in [0.15, 0.2) is 66.7 Å². The highest BCUT2D eigenvalue weighted by molar-refractivity contribution is 6.31. The molecule has 1 aliphatic heterocycles. The first-order chi connectivity index (χ1) is 15.9. The van der Waals surface area contributed by atoms with Crippen LogP contribution < -0.4 is 4.74 Å². The predicted molar refractivity (Wildman–Crippen MR) is 126 cm³/mol. The fraction of sp³-hybridized carbons (Fsp3) is 0.231. The number of carbonyl (C=O) groups is 2. The summed E-state index contributed by atoms with van der Waals surface area (Å²) in [5.41, 5.74) is 3.80. The van der Waals surface area contributed by atoms with Crippen molar-refractivity contribution in [1.29, 1.82) is 0 Å². The number of amides is 1. The molecule has 1 amide bonds. The van der Waals surface area contributed by atoms with Crippen LogP contribution in [0, 0.1) is 5.92 Å². The number of fused-ring (bicyclic) bond motifs is 1. The Labute approximate surface area is 201 Å². The number of benzene rings is 3. The van der Waals surface area contributed by atoms with E-state index in [1.54, 1.807) is 18.2 Å². The lowest BCUT2D eigenvalue weighted by atomic mass is 9.97. The van der Waals surface area contributed by atoms with Crippen molar-refractivity contribution in [3.05, 3.63) is 99.0 Å². The van der Waals surface area contributed by atoms with Crippen LogP contribution in [0.4, 0.5) is 0 Å². The first-order valence-electron chi connectivity index (χ1n) is 10.7. The van der Waals surface area contributed by atoms with Crippen molar-refractivity contribution in [3.8, 4) is 5.75 Å². The Morgan fingerprint density at radius 1 is 0.970 bits per heavy atom. The maximum atomic E-state index is 13.7. The summed E-state index contributed by atoms with van der Waals surface area (Å²) in [4.78, 5) is 26.7. The summed E-state index contributed by atoms with van der Waals surface area (Å²) in [6.45, 7) is -0.000264. The molecule has 5 nitrogen and oxygen atoms in total. The van der Waals surface area contributed by atoms with Crippen LogP contribution in [0.2, 0.25) is 10.0 Å². The molecular weight excluding hydrogens is 461 g/mol. The van der Waals surface area contributed by atoms with Gasteiger partial charge in [0, 0.05) is 28.1 Å². The Balaban J connectivity index is 1.49. The van der Waals surface area contributed by atoms with E-state index in [4.69, 9.17) is 33.0 Å². The van der Waals surface area contributed by atoms with E-state index in [2.05, 4.69) is 0 Å². The second kappa shape index (κ2) is 8.73. The number of ether oxygens (including phenoxy) is 1. The molecule has 33 heavy (non-hydrogen) atoms. The van der Waals surface area contributed by atoms with Gasteiger partial charge in [-0.05, 0) is 59.4 Å². The molecule has 1 aliphatic carbocycles. The van der Waals surface area contributed by atoms with Crippen molar-refractivity contribution in [2.45, 2.75) is 24.9 Å². The van der Waals surface area contributed by atoms with Gasteiger partial charge in [-0.2, -0.15) is 0 Å². The highest BCUT2D eigenvalue weighted by Crippen LogP contribution is 2.52. The lowest BCUT2D eigenvalue weighted by Crippen LogP contribution is -2.32. The smallest absolute Gasteiger partial charge is 0.341 e. The van der Waals surface area contributed by atoms with Crippen LogP contribution in [0.25, 0.3) is 0 Å². The van der Waals surface area contributed by atoms with E-state index in [-0.39, 0.29) is 17.7 Å². The minimum absolute atomic E-state index is 0.0605. The van der Waals surface area contributed by atoms with Crippen molar-refractivity contribution >= 4 is 35.1 Å². The zero-order chi connectivity index (χ0) is 23.1. The van der Waals surface area contributed by atoms with Crippen molar-refractivity contribution in [2.24, 2.45) is 5.92 Å². The van der Waals surface area contributed by atoms with Gasteiger partial charge in [-0.3, -0.25) is 4.79 Å². The average Bonchev–Trinajstić information content (AvgIpc) is 3.51. The average molecular weight is 482 g/mol. The fourth-order valence-corrected chi connectivity index (χ4v) is 5.10. The number of rotatable bonds is 6. The number of hydrogen-bond acceptors (Lipinski definition) is 3. The summed E-state index contributed by atoms with van der Waals surface area (Å²) >= 11 is 12.5.